The van der Waals surface area contributed by atoms with Crippen LogP contribution in [0, 0.1) is 17.0 Å². The number of aromatic nitrogens is 1. The van der Waals surface area contributed by atoms with Crippen LogP contribution in [0.2, 0.25) is 5.02 Å². The Bertz CT molecular complexity index is 715. The molecule has 0 spiro atoms. The summed E-state index contributed by atoms with van der Waals surface area (Å²) in [5, 5.41) is 16.9. The van der Waals surface area contributed by atoms with E-state index in [-0.39, 0.29) is 22.2 Å². The number of benzene rings is 1. The van der Waals surface area contributed by atoms with Gasteiger partial charge in [0.05, 0.1) is 15.6 Å². The second-order valence-electron chi connectivity index (χ2n) is 4.04. The fourth-order valence-electron chi connectivity index (χ4n) is 1.62. The molecule has 0 unspecified atom stereocenters. The maximum Gasteiger partial charge on any atom is 0.295 e. The van der Waals surface area contributed by atoms with Gasteiger partial charge >= 0.3 is 0 Å². The van der Waals surface area contributed by atoms with Crippen LogP contribution in [-0.4, -0.2) is 16.0 Å². The minimum absolute atomic E-state index is 0.0141. The van der Waals surface area contributed by atoms with Crippen molar-refractivity contribution < 1.29 is 14.2 Å². The number of nitrogens with two attached hydrogens (primary N) is 1. The standard InChI is InChI=1S/C11H10ClN5O4/c1-5-2-9(21-16-5)14-11(18)6-3-7(12)10(15-13)8(4-6)17(19)20/h2-4,15H,13H2,1H3,(H,14,18). The van der Waals surface area contributed by atoms with Gasteiger partial charge in [-0.3, -0.25) is 26.1 Å². The van der Waals surface area contributed by atoms with Gasteiger partial charge in [0.1, 0.15) is 5.69 Å². The number of aryl methyl sites for hydroxylation is 1. The number of rotatable bonds is 4. The molecule has 21 heavy (non-hydrogen) atoms. The lowest BCUT2D eigenvalue weighted by molar-refractivity contribution is -0.384. The molecule has 110 valence electrons. The Morgan fingerprint density at radius 1 is 1.48 bits per heavy atom. The highest BCUT2D eigenvalue weighted by atomic mass is 35.5. The number of nitrogen functional groups attached to an aromatic ring is 1. The molecule has 0 aliphatic carbocycles. The number of nitro groups is 1. The molecule has 0 aliphatic rings. The lowest BCUT2D eigenvalue weighted by Crippen LogP contribution is -2.14. The third kappa shape index (κ3) is 3.09. The van der Waals surface area contributed by atoms with Gasteiger partial charge in [-0.1, -0.05) is 16.8 Å². The van der Waals surface area contributed by atoms with Gasteiger partial charge in [-0.2, -0.15) is 0 Å². The second-order valence-corrected chi connectivity index (χ2v) is 4.45. The maximum absolute atomic E-state index is 12.0. The molecule has 0 radical (unpaired) electrons. The molecule has 1 aromatic heterocycles. The first-order chi connectivity index (χ1) is 9.92. The van der Waals surface area contributed by atoms with Gasteiger partial charge in [-0.15, -0.1) is 0 Å². The van der Waals surface area contributed by atoms with E-state index < -0.39 is 16.5 Å². The molecule has 10 heteroatoms. The van der Waals surface area contributed by atoms with E-state index in [4.69, 9.17) is 22.0 Å². The molecule has 1 heterocycles. The van der Waals surface area contributed by atoms with E-state index in [1.165, 1.54) is 12.1 Å². The number of carbonyl (C=O) groups excluding carboxylic acids is 1. The van der Waals surface area contributed by atoms with Crippen LogP contribution in [0.4, 0.5) is 17.3 Å². The van der Waals surface area contributed by atoms with Crippen molar-refractivity contribution in [1.82, 2.24) is 5.16 Å². The largest absolute Gasteiger partial charge is 0.338 e. The van der Waals surface area contributed by atoms with E-state index in [1.807, 2.05) is 0 Å². The third-order valence-electron chi connectivity index (χ3n) is 2.54. The van der Waals surface area contributed by atoms with E-state index in [2.05, 4.69) is 15.9 Å². The number of hydrogen-bond acceptors (Lipinski definition) is 7. The van der Waals surface area contributed by atoms with Crippen molar-refractivity contribution in [1.29, 1.82) is 0 Å². The first kappa shape index (κ1) is 14.8. The molecule has 0 saturated carbocycles. The lowest BCUT2D eigenvalue weighted by Gasteiger charge is -2.07. The molecule has 0 aliphatic heterocycles. The smallest absolute Gasteiger partial charge is 0.295 e. The molecule has 9 nitrogen and oxygen atoms in total. The number of anilines is 2. The summed E-state index contributed by atoms with van der Waals surface area (Å²) in [4.78, 5) is 22.3. The Balaban J connectivity index is 2.35. The molecule has 2 aromatic rings. The van der Waals surface area contributed by atoms with Crippen molar-refractivity contribution in [2.75, 3.05) is 10.7 Å². The lowest BCUT2D eigenvalue weighted by atomic mass is 10.1. The molecule has 4 N–H and O–H groups in total. The van der Waals surface area contributed by atoms with E-state index in [0.717, 1.165) is 6.07 Å². The fourth-order valence-corrected chi connectivity index (χ4v) is 1.89. The zero-order valence-electron chi connectivity index (χ0n) is 10.7. The normalized spacial score (nSPS) is 10.2. The molecule has 1 amide bonds. The summed E-state index contributed by atoms with van der Waals surface area (Å²) >= 11 is 5.87. The number of hydrogen-bond donors (Lipinski definition) is 3. The average molecular weight is 312 g/mol. The SMILES string of the molecule is Cc1cc(NC(=O)c2cc(Cl)c(NN)c([N+](=O)[O-])c2)on1. The van der Waals surface area contributed by atoms with Crippen molar-refractivity contribution in [3.8, 4) is 0 Å². The summed E-state index contributed by atoms with van der Waals surface area (Å²) in [5.74, 6) is 4.68. The maximum atomic E-state index is 12.0. The monoisotopic (exact) mass is 311 g/mol. The number of carbonyl (C=O) groups is 1. The van der Waals surface area contributed by atoms with Crippen molar-refractivity contribution in [2.24, 2.45) is 5.84 Å². The van der Waals surface area contributed by atoms with Gasteiger partial charge in [0, 0.05) is 17.7 Å². The number of nitrogens with zero attached hydrogens (tertiary/aromatic N) is 2. The van der Waals surface area contributed by atoms with Crippen molar-refractivity contribution in [3.63, 3.8) is 0 Å². The van der Waals surface area contributed by atoms with Crippen LogP contribution in [0.15, 0.2) is 22.7 Å². The summed E-state index contributed by atoms with van der Waals surface area (Å²) in [6.07, 6.45) is 0. The quantitative estimate of drug-likeness (QED) is 0.446. The van der Waals surface area contributed by atoms with Crippen molar-refractivity contribution >= 4 is 34.8 Å². The highest BCUT2D eigenvalue weighted by molar-refractivity contribution is 6.34. The summed E-state index contributed by atoms with van der Waals surface area (Å²) in [6, 6.07) is 3.81. The van der Waals surface area contributed by atoms with Gasteiger partial charge < -0.3 is 9.95 Å². The van der Waals surface area contributed by atoms with Gasteiger partial charge in [-0.25, -0.2) is 0 Å². The van der Waals surface area contributed by atoms with E-state index in [9.17, 15) is 14.9 Å². The van der Waals surface area contributed by atoms with E-state index in [0.29, 0.717) is 5.69 Å². The second kappa shape index (κ2) is 5.77. The molecule has 0 fully saturated rings. The predicted molar refractivity (Wildman–Crippen MR) is 75.1 cm³/mol. The Labute approximate surface area is 123 Å². The minimum atomic E-state index is -0.698. The number of nitro benzene ring substituents is 1. The van der Waals surface area contributed by atoms with Gasteiger partial charge in [-0.05, 0) is 13.0 Å². The number of hydrazine groups is 1. The zero-order valence-corrected chi connectivity index (χ0v) is 11.5. The van der Waals surface area contributed by atoms with Gasteiger partial charge in [0.15, 0.2) is 0 Å². The van der Waals surface area contributed by atoms with Crippen molar-refractivity contribution in [3.05, 3.63) is 44.6 Å². The first-order valence-electron chi connectivity index (χ1n) is 5.61. The van der Waals surface area contributed by atoms with Crippen LogP contribution in [0.1, 0.15) is 16.1 Å². The number of nitrogens with one attached hydrogen (secondary N) is 2. The number of amides is 1. The summed E-state index contributed by atoms with van der Waals surface area (Å²) < 4.78 is 4.83. The number of halogens is 1. The fraction of sp³-hybridized carbons (Fsp3) is 0.0909. The summed E-state index contributed by atoms with van der Waals surface area (Å²) in [5.41, 5.74) is 2.21. The average Bonchev–Trinajstić information content (AvgIpc) is 2.82. The predicted octanol–water partition coefficient (Wildman–Crippen LogP) is 2.08. The van der Waals surface area contributed by atoms with Gasteiger partial charge in [0.25, 0.3) is 11.6 Å². The Morgan fingerprint density at radius 3 is 2.71 bits per heavy atom. The zero-order chi connectivity index (χ0) is 15.6. The summed E-state index contributed by atoms with van der Waals surface area (Å²) in [6.45, 7) is 1.68. The molecule has 1 aromatic carbocycles. The molecule has 0 saturated heterocycles. The topological polar surface area (TPSA) is 136 Å². The highest BCUT2D eigenvalue weighted by Crippen LogP contribution is 2.33. The highest BCUT2D eigenvalue weighted by Gasteiger charge is 2.21. The first-order valence-corrected chi connectivity index (χ1v) is 5.99. The van der Waals surface area contributed by atoms with Crippen LogP contribution in [-0.2, 0) is 0 Å². The van der Waals surface area contributed by atoms with Crippen LogP contribution < -0.4 is 16.6 Å². The van der Waals surface area contributed by atoms with Crippen LogP contribution in [0.25, 0.3) is 0 Å². The molecular formula is C11H10ClN5O4. The Morgan fingerprint density at radius 2 is 2.19 bits per heavy atom. The third-order valence-corrected chi connectivity index (χ3v) is 2.84. The van der Waals surface area contributed by atoms with E-state index >= 15 is 0 Å². The van der Waals surface area contributed by atoms with Crippen LogP contribution in [0.3, 0.4) is 0 Å². The van der Waals surface area contributed by atoms with Crippen LogP contribution >= 0.6 is 11.6 Å². The molecule has 2 rings (SSSR count). The molecule has 0 atom stereocenters. The van der Waals surface area contributed by atoms with Gasteiger partial charge in [0.2, 0.25) is 5.88 Å². The summed E-state index contributed by atoms with van der Waals surface area (Å²) in [7, 11) is 0. The Kier molecular flexibility index (Phi) is 4.05. The van der Waals surface area contributed by atoms with Crippen LogP contribution in [0.5, 0.6) is 0 Å². The van der Waals surface area contributed by atoms with Crippen molar-refractivity contribution in [2.45, 2.75) is 6.92 Å². The van der Waals surface area contributed by atoms with E-state index in [1.54, 1.807) is 6.92 Å². The molecule has 0 bridgehead atoms. The minimum Gasteiger partial charge on any atom is -0.338 e. The molecular weight excluding hydrogens is 302 g/mol. The Hall–Kier alpha value is -2.65.